The van der Waals surface area contributed by atoms with Crippen molar-refractivity contribution in [1.82, 2.24) is 25.1 Å². The highest BCUT2D eigenvalue weighted by Gasteiger charge is 2.42. The molecule has 1 amide bonds. The first-order valence-electron chi connectivity index (χ1n) is 9.85. The molecule has 0 unspecified atom stereocenters. The third-order valence-corrected chi connectivity index (χ3v) is 6.72. The molecule has 2 heterocycles. The minimum atomic E-state index is -0.384. The Morgan fingerprint density at radius 3 is 2.55 bits per heavy atom. The van der Waals surface area contributed by atoms with Crippen molar-refractivity contribution in [2.24, 2.45) is 0 Å². The van der Waals surface area contributed by atoms with Gasteiger partial charge in [-0.3, -0.25) is 4.79 Å². The third kappa shape index (κ3) is 3.31. The SMILES string of the molecule is O=C(NCc1ccc(-c2nn3cnnc3s2)cc1)C1(c2ccccc2)CCCC1. The molecule has 29 heavy (non-hydrogen) atoms. The van der Waals surface area contributed by atoms with E-state index in [1.54, 1.807) is 10.8 Å². The van der Waals surface area contributed by atoms with E-state index in [9.17, 15) is 4.79 Å². The number of hydrogen-bond acceptors (Lipinski definition) is 5. The Kier molecular flexibility index (Phi) is 4.60. The molecule has 0 radical (unpaired) electrons. The van der Waals surface area contributed by atoms with Crippen LogP contribution < -0.4 is 5.32 Å². The molecule has 7 heteroatoms. The third-order valence-electron chi connectivity index (χ3n) is 5.76. The summed E-state index contributed by atoms with van der Waals surface area (Å²) in [6, 6.07) is 18.4. The lowest BCUT2D eigenvalue weighted by Crippen LogP contribution is -2.42. The van der Waals surface area contributed by atoms with Gasteiger partial charge in [0.05, 0.1) is 5.41 Å². The van der Waals surface area contributed by atoms with Gasteiger partial charge in [0.25, 0.3) is 0 Å². The first-order chi connectivity index (χ1) is 14.2. The second kappa shape index (κ2) is 7.40. The number of nitrogens with zero attached hydrogens (tertiary/aromatic N) is 4. The van der Waals surface area contributed by atoms with Crippen molar-refractivity contribution in [2.45, 2.75) is 37.6 Å². The summed E-state index contributed by atoms with van der Waals surface area (Å²) in [6.45, 7) is 0.527. The molecule has 4 aromatic rings. The van der Waals surface area contributed by atoms with Gasteiger partial charge < -0.3 is 5.32 Å². The monoisotopic (exact) mass is 403 g/mol. The number of fused-ring (bicyclic) bond motifs is 1. The molecule has 2 aromatic heterocycles. The van der Waals surface area contributed by atoms with Gasteiger partial charge in [0.15, 0.2) is 0 Å². The normalized spacial score (nSPS) is 15.6. The molecular weight excluding hydrogens is 382 g/mol. The number of rotatable bonds is 5. The maximum Gasteiger partial charge on any atom is 0.234 e. The first kappa shape index (κ1) is 18.0. The van der Waals surface area contributed by atoms with Crippen LogP contribution in [0.2, 0.25) is 0 Å². The number of aromatic nitrogens is 4. The molecule has 2 aromatic carbocycles. The summed E-state index contributed by atoms with van der Waals surface area (Å²) in [4.78, 5) is 13.9. The van der Waals surface area contributed by atoms with Gasteiger partial charge in [0.2, 0.25) is 10.9 Å². The van der Waals surface area contributed by atoms with Crippen molar-refractivity contribution in [3.63, 3.8) is 0 Å². The van der Waals surface area contributed by atoms with Gasteiger partial charge >= 0.3 is 0 Å². The predicted molar refractivity (Wildman–Crippen MR) is 113 cm³/mol. The lowest BCUT2D eigenvalue weighted by molar-refractivity contribution is -0.126. The Morgan fingerprint density at radius 2 is 1.83 bits per heavy atom. The van der Waals surface area contributed by atoms with Crippen LogP contribution in [0.25, 0.3) is 15.5 Å². The van der Waals surface area contributed by atoms with Gasteiger partial charge in [-0.2, -0.15) is 9.61 Å². The van der Waals surface area contributed by atoms with Crippen molar-refractivity contribution in [3.05, 3.63) is 72.1 Å². The Morgan fingerprint density at radius 1 is 1.07 bits per heavy atom. The fraction of sp³-hybridized carbons (Fsp3) is 0.273. The lowest BCUT2D eigenvalue weighted by atomic mass is 9.78. The Bertz CT molecular complexity index is 1100. The molecule has 0 saturated heterocycles. The molecule has 1 saturated carbocycles. The minimum absolute atomic E-state index is 0.138. The number of carbonyl (C=O) groups is 1. The fourth-order valence-electron chi connectivity index (χ4n) is 4.18. The molecule has 6 nitrogen and oxygen atoms in total. The zero-order valence-electron chi connectivity index (χ0n) is 15.9. The van der Waals surface area contributed by atoms with Crippen LogP contribution in [0.3, 0.4) is 0 Å². The smallest absolute Gasteiger partial charge is 0.234 e. The first-order valence-corrected chi connectivity index (χ1v) is 10.7. The number of benzene rings is 2. The van der Waals surface area contributed by atoms with Crippen LogP contribution >= 0.6 is 11.3 Å². The standard InChI is InChI=1S/C22H21N5OS/c28-20(22(12-4-5-13-22)18-6-2-1-3-7-18)23-14-16-8-10-17(11-9-16)19-26-27-15-24-25-21(27)29-19/h1-3,6-11,15H,4-5,12-14H2,(H,23,28). The second-order valence-electron chi connectivity index (χ2n) is 7.50. The van der Waals surface area contributed by atoms with Gasteiger partial charge in [0, 0.05) is 12.1 Å². The van der Waals surface area contributed by atoms with Crippen LogP contribution in [0.15, 0.2) is 60.9 Å². The summed E-state index contributed by atoms with van der Waals surface area (Å²) < 4.78 is 1.68. The van der Waals surface area contributed by atoms with Gasteiger partial charge in [-0.25, -0.2) is 0 Å². The molecule has 1 N–H and O–H groups in total. The summed E-state index contributed by atoms with van der Waals surface area (Å²) in [5, 5.41) is 16.4. The highest BCUT2D eigenvalue weighted by molar-refractivity contribution is 7.19. The summed E-state index contributed by atoms with van der Waals surface area (Å²) in [6.07, 6.45) is 5.64. The van der Waals surface area contributed by atoms with E-state index in [4.69, 9.17) is 0 Å². The quantitative estimate of drug-likeness (QED) is 0.547. The zero-order chi connectivity index (χ0) is 19.7. The topological polar surface area (TPSA) is 72.2 Å². The van der Waals surface area contributed by atoms with Crippen LogP contribution in [0.5, 0.6) is 0 Å². The van der Waals surface area contributed by atoms with Crippen molar-refractivity contribution in [1.29, 1.82) is 0 Å². The van der Waals surface area contributed by atoms with Gasteiger partial charge in [-0.1, -0.05) is 78.8 Å². The molecule has 0 aliphatic heterocycles. The van der Waals surface area contributed by atoms with Gasteiger partial charge in [-0.15, -0.1) is 10.2 Å². The predicted octanol–water partition coefficient (Wildman–Crippen LogP) is 3.98. The number of carbonyl (C=O) groups excluding carboxylic acids is 1. The van der Waals surface area contributed by atoms with E-state index in [1.807, 2.05) is 42.5 Å². The number of amides is 1. The van der Waals surface area contributed by atoms with Crippen molar-refractivity contribution >= 4 is 22.2 Å². The maximum atomic E-state index is 13.2. The second-order valence-corrected chi connectivity index (χ2v) is 8.46. The largest absolute Gasteiger partial charge is 0.351 e. The molecule has 0 spiro atoms. The van der Waals surface area contributed by atoms with Crippen molar-refractivity contribution in [2.75, 3.05) is 0 Å². The summed E-state index contributed by atoms with van der Waals surface area (Å²) in [7, 11) is 0. The Balaban J connectivity index is 1.29. The molecule has 1 aliphatic rings. The van der Waals surface area contributed by atoms with Crippen molar-refractivity contribution < 1.29 is 4.79 Å². The van der Waals surface area contributed by atoms with Crippen LogP contribution in [-0.2, 0) is 16.8 Å². The zero-order valence-corrected chi connectivity index (χ0v) is 16.7. The van der Waals surface area contributed by atoms with E-state index in [0.717, 1.165) is 52.3 Å². The lowest BCUT2D eigenvalue weighted by Gasteiger charge is -2.28. The molecule has 5 rings (SSSR count). The molecule has 1 fully saturated rings. The van der Waals surface area contributed by atoms with E-state index in [-0.39, 0.29) is 11.3 Å². The summed E-state index contributed by atoms with van der Waals surface area (Å²) in [5.41, 5.74) is 2.86. The minimum Gasteiger partial charge on any atom is -0.351 e. The van der Waals surface area contributed by atoms with Crippen LogP contribution in [-0.4, -0.2) is 25.7 Å². The average Bonchev–Trinajstić information content (AvgIpc) is 3.50. The molecule has 0 bridgehead atoms. The van der Waals surface area contributed by atoms with E-state index in [1.165, 1.54) is 11.3 Å². The Hall–Kier alpha value is -3.06. The maximum absolute atomic E-state index is 13.2. The molecule has 146 valence electrons. The fourth-order valence-corrected chi connectivity index (χ4v) is 5.00. The van der Waals surface area contributed by atoms with E-state index in [0.29, 0.717) is 6.54 Å². The molecule has 0 atom stereocenters. The molecule has 1 aliphatic carbocycles. The van der Waals surface area contributed by atoms with Crippen molar-refractivity contribution in [3.8, 4) is 10.6 Å². The molecular formula is C22H21N5OS. The van der Waals surface area contributed by atoms with E-state index in [2.05, 4.69) is 32.7 Å². The highest BCUT2D eigenvalue weighted by Crippen LogP contribution is 2.41. The summed E-state index contributed by atoms with van der Waals surface area (Å²) >= 11 is 1.50. The average molecular weight is 404 g/mol. The summed E-state index contributed by atoms with van der Waals surface area (Å²) in [5.74, 6) is 0.138. The van der Waals surface area contributed by atoms with Crippen LogP contribution in [0, 0.1) is 0 Å². The van der Waals surface area contributed by atoms with E-state index < -0.39 is 0 Å². The number of hydrogen-bond donors (Lipinski definition) is 1. The van der Waals surface area contributed by atoms with Crippen LogP contribution in [0.4, 0.5) is 0 Å². The van der Waals surface area contributed by atoms with Gasteiger partial charge in [-0.05, 0) is 24.0 Å². The highest BCUT2D eigenvalue weighted by atomic mass is 32.1. The van der Waals surface area contributed by atoms with Crippen LogP contribution in [0.1, 0.15) is 36.8 Å². The van der Waals surface area contributed by atoms with E-state index >= 15 is 0 Å². The number of nitrogens with one attached hydrogen (secondary N) is 1. The Labute approximate surface area is 172 Å². The van der Waals surface area contributed by atoms with Gasteiger partial charge in [0.1, 0.15) is 11.3 Å².